The highest BCUT2D eigenvalue weighted by atomic mass is 79.9. The molecule has 0 aliphatic carbocycles. The minimum atomic E-state index is -0.289. The Morgan fingerprint density at radius 2 is 1.76 bits per heavy atom. The summed E-state index contributed by atoms with van der Waals surface area (Å²) in [6.07, 6.45) is 1.79. The largest absolute Gasteiger partial charge is 0.493 e. The Morgan fingerprint density at radius 3 is 2.38 bits per heavy atom. The lowest BCUT2D eigenvalue weighted by Crippen LogP contribution is -1.99. The minimum absolute atomic E-state index is 0.271. The first-order chi connectivity index (χ1) is 14.0. The van der Waals surface area contributed by atoms with Gasteiger partial charge in [0.2, 0.25) is 0 Å². The molecule has 29 heavy (non-hydrogen) atoms. The first-order valence-electron chi connectivity index (χ1n) is 8.62. The lowest BCUT2D eigenvalue weighted by atomic mass is 10.0. The van der Waals surface area contributed by atoms with Crippen LogP contribution in [0.15, 0.2) is 69.6 Å². The SMILES string of the molecule is COc1cc(/C=C(\C#N)c2ccc(Br)cc2)cc(Br)c1OCc1ccc(F)cc1. The molecule has 0 fully saturated rings. The summed E-state index contributed by atoms with van der Waals surface area (Å²) < 4.78 is 26.1. The molecule has 0 saturated carbocycles. The molecule has 0 unspecified atom stereocenters. The quantitative estimate of drug-likeness (QED) is 0.261. The molecule has 6 heteroatoms. The fourth-order valence-electron chi connectivity index (χ4n) is 2.68. The van der Waals surface area contributed by atoms with E-state index < -0.39 is 0 Å². The van der Waals surface area contributed by atoms with Crippen LogP contribution in [-0.4, -0.2) is 7.11 Å². The lowest BCUT2D eigenvalue weighted by molar-refractivity contribution is 0.282. The van der Waals surface area contributed by atoms with E-state index in [4.69, 9.17) is 9.47 Å². The van der Waals surface area contributed by atoms with E-state index in [1.807, 2.05) is 30.3 Å². The summed E-state index contributed by atoms with van der Waals surface area (Å²) >= 11 is 6.92. The zero-order valence-corrected chi connectivity index (χ0v) is 18.6. The van der Waals surface area contributed by atoms with Crippen LogP contribution in [0.25, 0.3) is 11.6 Å². The Balaban J connectivity index is 1.88. The number of rotatable bonds is 6. The summed E-state index contributed by atoms with van der Waals surface area (Å²) in [7, 11) is 1.56. The average Bonchev–Trinajstić information content (AvgIpc) is 2.72. The molecule has 3 aromatic carbocycles. The summed E-state index contributed by atoms with van der Waals surface area (Å²) in [5.74, 6) is 0.777. The molecule has 0 atom stereocenters. The number of hydrogen-bond acceptors (Lipinski definition) is 3. The Hall–Kier alpha value is -2.62. The maximum atomic E-state index is 13.1. The molecular formula is C23H16Br2FNO2. The van der Waals surface area contributed by atoms with Crippen molar-refractivity contribution < 1.29 is 13.9 Å². The topological polar surface area (TPSA) is 42.2 Å². The van der Waals surface area contributed by atoms with Crippen molar-refractivity contribution in [3.8, 4) is 17.6 Å². The van der Waals surface area contributed by atoms with Crippen LogP contribution in [0.5, 0.6) is 11.5 Å². The predicted octanol–water partition coefficient (Wildman–Crippen LogP) is 7.00. The molecule has 0 amide bonds. The highest BCUT2D eigenvalue weighted by molar-refractivity contribution is 9.10. The van der Waals surface area contributed by atoms with Gasteiger partial charge >= 0.3 is 0 Å². The van der Waals surface area contributed by atoms with Crippen molar-refractivity contribution in [2.75, 3.05) is 7.11 Å². The van der Waals surface area contributed by atoms with E-state index >= 15 is 0 Å². The summed E-state index contributed by atoms with van der Waals surface area (Å²) in [5.41, 5.74) is 2.99. The fraction of sp³-hybridized carbons (Fsp3) is 0.0870. The second kappa shape index (κ2) is 9.73. The minimum Gasteiger partial charge on any atom is -0.493 e. The third-order valence-electron chi connectivity index (χ3n) is 4.13. The second-order valence-electron chi connectivity index (χ2n) is 6.13. The van der Waals surface area contributed by atoms with E-state index in [2.05, 4.69) is 37.9 Å². The van der Waals surface area contributed by atoms with Crippen LogP contribution < -0.4 is 9.47 Å². The summed E-state index contributed by atoms with van der Waals surface area (Å²) in [6.45, 7) is 0.271. The van der Waals surface area contributed by atoms with Gasteiger partial charge in [-0.3, -0.25) is 0 Å². The smallest absolute Gasteiger partial charge is 0.175 e. The molecule has 3 nitrogen and oxygen atoms in total. The predicted molar refractivity (Wildman–Crippen MR) is 119 cm³/mol. The molecule has 146 valence electrons. The van der Waals surface area contributed by atoms with Gasteiger partial charge in [-0.25, -0.2) is 4.39 Å². The van der Waals surface area contributed by atoms with Crippen molar-refractivity contribution in [3.05, 3.63) is 92.1 Å². The number of hydrogen-bond donors (Lipinski definition) is 0. The summed E-state index contributed by atoms with van der Waals surface area (Å²) in [4.78, 5) is 0. The molecule has 0 spiro atoms. The summed E-state index contributed by atoms with van der Waals surface area (Å²) in [5, 5.41) is 9.57. The van der Waals surface area contributed by atoms with E-state index in [0.29, 0.717) is 21.5 Å². The highest BCUT2D eigenvalue weighted by Crippen LogP contribution is 2.38. The number of benzene rings is 3. The molecule has 0 radical (unpaired) electrons. The van der Waals surface area contributed by atoms with Gasteiger partial charge in [0.1, 0.15) is 12.4 Å². The molecule has 0 aliphatic heterocycles. The molecule has 0 heterocycles. The van der Waals surface area contributed by atoms with Gasteiger partial charge in [-0.15, -0.1) is 0 Å². The van der Waals surface area contributed by atoms with Gasteiger partial charge in [-0.1, -0.05) is 40.2 Å². The molecule has 0 N–H and O–H groups in total. The molecular weight excluding hydrogens is 501 g/mol. The molecule has 3 aromatic rings. The standard InChI is InChI=1S/C23H16Br2FNO2/c1-28-22-12-16(10-18(13-27)17-4-6-19(24)7-5-17)11-21(25)23(22)29-14-15-2-8-20(26)9-3-15/h2-12H,14H2,1H3/b18-10+. The van der Waals surface area contributed by atoms with Gasteiger partial charge in [0.15, 0.2) is 11.5 Å². The van der Waals surface area contributed by atoms with Gasteiger partial charge in [-0.2, -0.15) is 5.26 Å². The third-order valence-corrected chi connectivity index (χ3v) is 5.25. The molecule has 0 bridgehead atoms. The monoisotopic (exact) mass is 515 g/mol. The lowest BCUT2D eigenvalue weighted by Gasteiger charge is -2.14. The van der Waals surface area contributed by atoms with Crippen LogP contribution in [0.3, 0.4) is 0 Å². The maximum absolute atomic E-state index is 13.1. The number of ether oxygens (including phenoxy) is 2. The zero-order chi connectivity index (χ0) is 20.8. The Morgan fingerprint density at radius 1 is 1.07 bits per heavy atom. The number of nitrogens with zero attached hydrogens (tertiary/aromatic N) is 1. The van der Waals surface area contributed by atoms with Crippen LogP contribution >= 0.6 is 31.9 Å². The Bertz CT molecular complexity index is 1070. The van der Waals surface area contributed by atoms with Crippen molar-refractivity contribution in [1.82, 2.24) is 0 Å². The van der Waals surface area contributed by atoms with Crippen molar-refractivity contribution in [2.24, 2.45) is 0 Å². The van der Waals surface area contributed by atoms with Crippen LogP contribution in [0.1, 0.15) is 16.7 Å². The fourth-order valence-corrected chi connectivity index (χ4v) is 3.51. The van der Waals surface area contributed by atoms with Crippen LogP contribution in [0, 0.1) is 17.1 Å². The maximum Gasteiger partial charge on any atom is 0.175 e. The van der Waals surface area contributed by atoms with E-state index in [9.17, 15) is 9.65 Å². The number of nitriles is 1. The Kier molecular flexibility index (Phi) is 7.08. The van der Waals surface area contributed by atoms with Crippen molar-refractivity contribution in [1.29, 1.82) is 5.26 Å². The average molecular weight is 517 g/mol. The van der Waals surface area contributed by atoms with Crippen molar-refractivity contribution in [2.45, 2.75) is 6.61 Å². The van der Waals surface area contributed by atoms with E-state index in [-0.39, 0.29) is 12.4 Å². The van der Waals surface area contributed by atoms with E-state index in [1.165, 1.54) is 12.1 Å². The van der Waals surface area contributed by atoms with Gasteiger partial charge in [0.05, 0.1) is 23.2 Å². The van der Waals surface area contributed by atoms with Crippen molar-refractivity contribution in [3.63, 3.8) is 0 Å². The van der Waals surface area contributed by atoms with Crippen LogP contribution in [0.2, 0.25) is 0 Å². The number of halogens is 3. The highest BCUT2D eigenvalue weighted by Gasteiger charge is 2.12. The third kappa shape index (κ3) is 5.47. The van der Waals surface area contributed by atoms with Crippen molar-refractivity contribution >= 4 is 43.5 Å². The molecule has 3 rings (SSSR count). The molecule has 0 saturated heterocycles. The normalized spacial score (nSPS) is 11.1. The first kappa shape index (κ1) is 21.1. The summed E-state index contributed by atoms with van der Waals surface area (Å²) in [6, 6.07) is 19.6. The molecule has 0 aromatic heterocycles. The van der Waals surface area contributed by atoms with Crippen LogP contribution in [0.4, 0.5) is 4.39 Å². The first-order valence-corrected chi connectivity index (χ1v) is 10.2. The molecule has 0 aliphatic rings. The van der Waals surface area contributed by atoms with Gasteiger partial charge < -0.3 is 9.47 Å². The zero-order valence-electron chi connectivity index (χ0n) is 15.5. The number of allylic oxidation sites excluding steroid dienone is 1. The van der Waals surface area contributed by atoms with E-state index in [0.717, 1.165) is 21.2 Å². The Labute approximate surface area is 185 Å². The van der Waals surface area contributed by atoms with Gasteiger partial charge in [-0.05, 0) is 75.1 Å². The van der Waals surface area contributed by atoms with Gasteiger partial charge in [0, 0.05) is 4.47 Å². The second-order valence-corrected chi connectivity index (χ2v) is 7.90. The van der Waals surface area contributed by atoms with Gasteiger partial charge in [0.25, 0.3) is 0 Å². The van der Waals surface area contributed by atoms with E-state index in [1.54, 1.807) is 31.4 Å². The van der Waals surface area contributed by atoms with Crippen LogP contribution in [-0.2, 0) is 6.61 Å². The number of methoxy groups -OCH3 is 1.